The predicted molar refractivity (Wildman–Crippen MR) is 77.3 cm³/mol. The van der Waals surface area contributed by atoms with Crippen molar-refractivity contribution >= 4 is 0 Å². The molecule has 0 saturated carbocycles. The number of benzene rings is 1. The van der Waals surface area contributed by atoms with Crippen LogP contribution in [0.1, 0.15) is 24.1 Å². The topological polar surface area (TPSA) is 34.1 Å². The molecule has 1 unspecified atom stereocenters. The Balaban J connectivity index is 2.15. The molecule has 0 aliphatic rings. The zero-order valence-electron chi connectivity index (χ0n) is 11.8. The summed E-state index contributed by atoms with van der Waals surface area (Å²) in [4.78, 5) is 4.20. The Hall–Kier alpha value is -1.94. The molecule has 1 atom stereocenters. The smallest absolute Gasteiger partial charge is 0.137 e. The van der Waals surface area contributed by atoms with Gasteiger partial charge in [-0.2, -0.15) is 0 Å². The summed E-state index contributed by atoms with van der Waals surface area (Å²) in [6, 6.07) is 8.68. The summed E-state index contributed by atoms with van der Waals surface area (Å²) in [6.07, 6.45) is 4.30. The highest BCUT2D eigenvalue weighted by atomic mass is 19.1. The van der Waals surface area contributed by atoms with Gasteiger partial charge in [-0.25, -0.2) is 4.39 Å². The van der Waals surface area contributed by atoms with Gasteiger partial charge in [-0.3, -0.25) is 4.98 Å². The van der Waals surface area contributed by atoms with Gasteiger partial charge in [0.2, 0.25) is 0 Å². The summed E-state index contributed by atoms with van der Waals surface area (Å²) in [5.74, 6) is 0.555. The summed E-state index contributed by atoms with van der Waals surface area (Å²) >= 11 is 0. The van der Waals surface area contributed by atoms with Crippen molar-refractivity contribution in [2.45, 2.75) is 19.4 Å². The lowest BCUT2D eigenvalue weighted by molar-refractivity contribution is 0.338. The fourth-order valence-electron chi connectivity index (χ4n) is 2.11. The van der Waals surface area contributed by atoms with Crippen LogP contribution in [0.5, 0.6) is 5.75 Å². The average molecular weight is 274 g/mol. The Labute approximate surface area is 118 Å². The van der Waals surface area contributed by atoms with Gasteiger partial charge < -0.3 is 10.1 Å². The third-order valence-corrected chi connectivity index (χ3v) is 3.15. The molecule has 2 rings (SSSR count). The zero-order chi connectivity index (χ0) is 14.4. The Morgan fingerprint density at radius 1 is 1.25 bits per heavy atom. The van der Waals surface area contributed by atoms with E-state index in [0.29, 0.717) is 6.61 Å². The molecule has 1 heterocycles. The highest BCUT2D eigenvalue weighted by molar-refractivity contribution is 5.28. The van der Waals surface area contributed by atoms with Gasteiger partial charge in [-0.1, -0.05) is 12.1 Å². The summed E-state index contributed by atoms with van der Waals surface area (Å²) < 4.78 is 18.4. The Morgan fingerprint density at radius 3 is 2.65 bits per heavy atom. The van der Waals surface area contributed by atoms with Crippen LogP contribution in [-0.2, 0) is 6.42 Å². The highest BCUT2D eigenvalue weighted by Gasteiger charge is 2.11. The first-order valence-electron chi connectivity index (χ1n) is 6.72. The number of hydrogen-bond donors (Lipinski definition) is 1. The van der Waals surface area contributed by atoms with Gasteiger partial charge in [0.1, 0.15) is 11.6 Å². The zero-order valence-corrected chi connectivity index (χ0v) is 11.8. The Bertz CT molecular complexity index is 542. The van der Waals surface area contributed by atoms with Crippen molar-refractivity contribution in [2.24, 2.45) is 0 Å². The van der Waals surface area contributed by atoms with E-state index >= 15 is 0 Å². The van der Waals surface area contributed by atoms with Crippen LogP contribution in [0, 0.1) is 5.82 Å². The molecular weight excluding hydrogens is 255 g/mol. The van der Waals surface area contributed by atoms with Crippen molar-refractivity contribution in [1.29, 1.82) is 0 Å². The van der Waals surface area contributed by atoms with Gasteiger partial charge in [0.25, 0.3) is 0 Å². The maximum absolute atomic E-state index is 12.9. The van der Waals surface area contributed by atoms with Gasteiger partial charge in [0.15, 0.2) is 0 Å². The van der Waals surface area contributed by atoms with Crippen molar-refractivity contribution in [3.05, 3.63) is 59.7 Å². The number of nitrogens with zero attached hydrogens (tertiary/aromatic N) is 1. The van der Waals surface area contributed by atoms with Crippen LogP contribution in [0.3, 0.4) is 0 Å². The quantitative estimate of drug-likeness (QED) is 0.878. The maximum Gasteiger partial charge on any atom is 0.137 e. The summed E-state index contributed by atoms with van der Waals surface area (Å²) in [6.45, 7) is 2.56. The molecule has 0 saturated heterocycles. The SMILES string of the molecule is CCOc1cncc(C(Cc2ccc(F)cc2)NC)c1. The molecule has 20 heavy (non-hydrogen) atoms. The molecule has 1 aromatic heterocycles. The van der Waals surface area contributed by atoms with E-state index in [9.17, 15) is 4.39 Å². The van der Waals surface area contributed by atoms with Crippen LogP contribution in [-0.4, -0.2) is 18.6 Å². The maximum atomic E-state index is 12.9. The average Bonchev–Trinajstić information content (AvgIpc) is 2.47. The molecule has 1 N–H and O–H groups in total. The Morgan fingerprint density at radius 2 is 2.00 bits per heavy atom. The van der Waals surface area contributed by atoms with Crippen LogP contribution in [0.15, 0.2) is 42.7 Å². The predicted octanol–water partition coefficient (Wildman–Crippen LogP) is 3.12. The lowest BCUT2D eigenvalue weighted by Gasteiger charge is -2.17. The minimum atomic E-state index is -0.213. The lowest BCUT2D eigenvalue weighted by Crippen LogP contribution is -2.19. The van der Waals surface area contributed by atoms with Crippen molar-refractivity contribution in [3.63, 3.8) is 0 Å². The van der Waals surface area contributed by atoms with Crippen LogP contribution in [0.4, 0.5) is 4.39 Å². The number of nitrogens with one attached hydrogen (secondary N) is 1. The summed E-state index contributed by atoms with van der Waals surface area (Å²) in [5, 5.41) is 3.26. The number of pyridine rings is 1. The molecule has 0 aliphatic heterocycles. The van der Waals surface area contributed by atoms with E-state index in [1.807, 2.05) is 26.2 Å². The molecule has 1 aromatic carbocycles. The number of aromatic nitrogens is 1. The minimum absolute atomic E-state index is 0.119. The van der Waals surface area contributed by atoms with Gasteiger partial charge in [0.05, 0.1) is 12.8 Å². The van der Waals surface area contributed by atoms with Crippen LogP contribution >= 0.6 is 0 Å². The second kappa shape index (κ2) is 7.01. The van der Waals surface area contributed by atoms with E-state index in [2.05, 4.69) is 10.3 Å². The first-order chi connectivity index (χ1) is 9.72. The van der Waals surface area contributed by atoms with Gasteiger partial charge >= 0.3 is 0 Å². The molecule has 0 aliphatic carbocycles. The van der Waals surface area contributed by atoms with E-state index in [0.717, 1.165) is 23.3 Å². The lowest BCUT2D eigenvalue weighted by atomic mass is 10.0. The molecule has 0 amide bonds. The fourth-order valence-corrected chi connectivity index (χ4v) is 2.11. The number of likely N-dealkylation sites (N-methyl/N-ethyl adjacent to an activating group) is 1. The van der Waals surface area contributed by atoms with Crippen molar-refractivity contribution < 1.29 is 9.13 Å². The number of halogens is 1. The van der Waals surface area contributed by atoms with Crippen molar-refractivity contribution in [1.82, 2.24) is 10.3 Å². The first kappa shape index (κ1) is 14.5. The molecule has 3 nitrogen and oxygen atoms in total. The van der Waals surface area contributed by atoms with E-state index in [4.69, 9.17) is 4.74 Å². The number of rotatable bonds is 6. The number of hydrogen-bond acceptors (Lipinski definition) is 3. The van der Waals surface area contributed by atoms with E-state index in [1.165, 1.54) is 12.1 Å². The van der Waals surface area contributed by atoms with E-state index in [-0.39, 0.29) is 11.9 Å². The number of ether oxygens (including phenoxy) is 1. The third kappa shape index (κ3) is 3.78. The van der Waals surface area contributed by atoms with E-state index < -0.39 is 0 Å². The fraction of sp³-hybridized carbons (Fsp3) is 0.312. The molecule has 0 radical (unpaired) electrons. The monoisotopic (exact) mass is 274 g/mol. The molecule has 106 valence electrons. The van der Waals surface area contributed by atoms with Crippen LogP contribution < -0.4 is 10.1 Å². The van der Waals surface area contributed by atoms with Gasteiger partial charge in [-0.05, 0) is 49.7 Å². The molecule has 4 heteroatoms. The third-order valence-electron chi connectivity index (χ3n) is 3.15. The summed E-state index contributed by atoms with van der Waals surface area (Å²) in [5.41, 5.74) is 2.13. The van der Waals surface area contributed by atoms with E-state index in [1.54, 1.807) is 18.3 Å². The van der Waals surface area contributed by atoms with Gasteiger partial charge in [0, 0.05) is 12.2 Å². The molecule has 0 bridgehead atoms. The molecule has 2 aromatic rings. The standard InChI is InChI=1S/C16H19FN2O/c1-3-20-15-9-13(10-19-11-15)16(18-2)8-12-4-6-14(17)7-5-12/h4-7,9-11,16,18H,3,8H2,1-2H3. The molecular formula is C16H19FN2O. The highest BCUT2D eigenvalue weighted by Crippen LogP contribution is 2.21. The minimum Gasteiger partial charge on any atom is -0.492 e. The van der Waals surface area contributed by atoms with Crippen molar-refractivity contribution in [2.75, 3.05) is 13.7 Å². The largest absolute Gasteiger partial charge is 0.492 e. The van der Waals surface area contributed by atoms with Crippen LogP contribution in [0.2, 0.25) is 0 Å². The summed E-state index contributed by atoms with van der Waals surface area (Å²) in [7, 11) is 1.90. The van der Waals surface area contributed by atoms with Gasteiger partial charge in [-0.15, -0.1) is 0 Å². The molecule has 0 fully saturated rings. The van der Waals surface area contributed by atoms with Crippen molar-refractivity contribution in [3.8, 4) is 5.75 Å². The Kier molecular flexibility index (Phi) is 5.07. The van der Waals surface area contributed by atoms with Crippen LogP contribution in [0.25, 0.3) is 0 Å². The normalized spacial score (nSPS) is 12.2. The second-order valence-corrected chi connectivity index (χ2v) is 4.56. The second-order valence-electron chi connectivity index (χ2n) is 4.56. The first-order valence-corrected chi connectivity index (χ1v) is 6.72. The molecule has 0 spiro atoms.